The van der Waals surface area contributed by atoms with Gasteiger partial charge in [-0.3, -0.25) is 4.79 Å². The molecule has 0 aliphatic carbocycles. The molecule has 1 aliphatic rings. The Balaban J connectivity index is 2.07. The zero-order valence-corrected chi connectivity index (χ0v) is 12.8. The van der Waals surface area contributed by atoms with Gasteiger partial charge in [-0.05, 0) is 24.1 Å². The fourth-order valence-corrected chi connectivity index (χ4v) is 2.84. The Morgan fingerprint density at radius 2 is 1.82 bits per heavy atom. The van der Waals surface area contributed by atoms with Crippen molar-refractivity contribution in [2.45, 2.75) is 20.0 Å². The molecule has 0 spiro atoms. The Morgan fingerprint density at radius 3 is 2.55 bits per heavy atom. The van der Waals surface area contributed by atoms with Crippen LogP contribution in [0, 0.1) is 5.92 Å². The predicted octanol–water partition coefficient (Wildman–Crippen LogP) is 3.61. The lowest BCUT2D eigenvalue weighted by molar-refractivity contribution is 0.0656. The predicted molar refractivity (Wildman–Crippen MR) is 86.8 cm³/mol. The van der Waals surface area contributed by atoms with E-state index in [4.69, 9.17) is 0 Å². The number of amides is 1. The SMILES string of the molecule is CC(C)CN1C(=O)c2ccccc2NC1c1ccccc1O. The highest BCUT2D eigenvalue weighted by Crippen LogP contribution is 2.36. The summed E-state index contributed by atoms with van der Waals surface area (Å²) in [6.45, 7) is 4.78. The van der Waals surface area contributed by atoms with Crippen molar-refractivity contribution >= 4 is 11.6 Å². The second-order valence-corrected chi connectivity index (χ2v) is 6.00. The van der Waals surface area contributed by atoms with E-state index >= 15 is 0 Å². The summed E-state index contributed by atoms with van der Waals surface area (Å²) in [4.78, 5) is 14.6. The topological polar surface area (TPSA) is 52.6 Å². The quantitative estimate of drug-likeness (QED) is 0.909. The van der Waals surface area contributed by atoms with Crippen LogP contribution in [0.15, 0.2) is 48.5 Å². The first kappa shape index (κ1) is 14.4. The maximum absolute atomic E-state index is 12.9. The van der Waals surface area contributed by atoms with Gasteiger partial charge in [0.2, 0.25) is 0 Å². The molecule has 22 heavy (non-hydrogen) atoms. The number of nitrogens with zero attached hydrogens (tertiary/aromatic N) is 1. The molecule has 0 saturated carbocycles. The van der Waals surface area contributed by atoms with E-state index in [1.165, 1.54) is 0 Å². The van der Waals surface area contributed by atoms with E-state index in [0.717, 1.165) is 5.69 Å². The Morgan fingerprint density at radius 1 is 1.14 bits per heavy atom. The van der Waals surface area contributed by atoms with E-state index in [9.17, 15) is 9.90 Å². The van der Waals surface area contributed by atoms with Gasteiger partial charge in [-0.15, -0.1) is 0 Å². The molecule has 114 valence electrons. The second-order valence-electron chi connectivity index (χ2n) is 6.00. The minimum absolute atomic E-state index is 0.00342. The molecule has 2 N–H and O–H groups in total. The highest BCUT2D eigenvalue weighted by molar-refractivity contribution is 6.01. The molecule has 3 rings (SSSR count). The van der Waals surface area contributed by atoms with E-state index in [0.29, 0.717) is 23.6 Å². The summed E-state index contributed by atoms with van der Waals surface area (Å²) in [5.74, 6) is 0.529. The number of hydrogen-bond acceptors (Lipinski definition) is 3. The summed E-state index contributed by atoms with van der Waals surface area (Å²) in [6, 6.07) is 14.6. The number of fused-ring (bicyclic) bond motifs is 1. The van der Waals surface area contributed by atoms with Gasteiger partial charge in [-0.2, -0.15) is 0 Å². The molecular weight excluding hydrogens is 276 g/mol. The number of phenols is 1. The number of anilines is 1. The lowest BCUT2D eigenvalue weighted by Crippen LogP contribution is -2.44. The van der Waals surface area contributed by atoms with E-state index in [2.05, 4.69) is 19.2 Å². The van der Waals surface area contributed by atoms with Crippen molar-refractivity contribution in [3.63, 3.8) is 0 Å². The van der Waals surface area contributed by atoms with Crippen molar-refractivity contribution in [1.82, 2.24) is 4.90 Å². The van der Waals surface area contributed by atoms with Gasteiger partial charge in [0.1, 0.15) is 11.9 Å². The zero-order chi connectivity index (χ0) is 15.7. The lowest BCUT2D eigenvalue weighted by atomic mass is 10.0. The summed E-state index contributed by atoms with van der Waals surface area (Å²) in [5.41, 5.74) is 2.20. The molecule has 4 heteroatoms. The number of benzene rings is 2. The molecule has 4 nitrogen and oxygen atoms in total. The van der Waals surface area contributed by atoms with Gasteiger partial charge in [0.25, 0.3) is 5.91 Å². The van der Waals surface area contributed by atoms with Crippen LogP contribution in [0.2, 0.25) is 0 Å². The number of para-hydroxylation sites is 2. The Kier molecular flexibility index (Phi) is 3.75. The molecule has 1 heterocycles. The molecule has 0 bridgehead atoms. The number of aromatic hydroxyl groups is 1. The zero-order valence-electron chi connectivity index (χ0n) is 12.8. The van der Waals surface area contributed by atoms with E-state index in [1.807, 2.05) is 36.4 Å². The van der Waals surface area contributed by atoms with Crippen LogP contribution in [-0.4, -0.2) is 22.5 Å². The Bertz CT molecular complexity index is 697. The normalized spacial score (nSPS) is 17.3. The van der Waals surface area contributed by atoms with Crippen molar-refractivity contribution in [2.75, 3.05) is 11.9 Å². The first-order chi connectivity index (χ1) is 10.6. The first-order valence-electron chi connectivity index (χ1n) is 7.52. The van der Waals surface area contributed by atoms with Crippen LogP contribution < -0.4 is 5.32 Å². The van der Waals surface area contributed by atoms with Crippen LogP contribution in [-0.2, 0) is 0 Å². The smallest absolute Gasteiger partial charge is 0.257 e. The third kappa shape index (κ3) is 2.52. The lowest BCUT2D eigenvalue weighted by Gasteiger charge is -2.39. The van der Waals surface area contributed by atoms with E-state index in [-0.39, 0.29) is 17.8 Å². The van der Waals surface area contributed by atoms with Crippen LogP contribution in [0.1, 0.15) is 35.9 Å². The maximum atomic E-state index is 12.9. The number of carbonyl (C=O) groups is 1. The number of carbonyl (C=O) groups excluding carboxylic acids is 1. The molecule has 1 amide bonds. The molecule has 0 saturated heterocycles. The van der Waals surface area contributed by atoms with Crippen molar-refractivity contribution in [3.05, 3.63) is 59.7 Å². The van der Waals surface area contributed by atoms with Crippen molar-refractivity contribution < 1.29 is 9.90 Å². The molecule has 2 aromatic rings. The number of phenolic OH excluding ortho intramolecular Hbond substituents is 1. The number of nitrogens with one attached hydrogen (secondary N) is 1. The fraction of sp³-hybridized carbons (Fsp3) is 0.278. The molecule has 0 aromatic heterocycles. The van der Waals surface area contributed by atoms with Gasteiger partial charge in [-0.25, -0.2) is 0 Å². The molecular formula is C18H20N2O2. The maximum Gasteiger partial charge on any atom is 0.257 e. The van der Waals surface area contributed by atoms with Crippen LogP contribution >= 0.6 is 0 Å². The third-order valence-electron chi connectivity index (χ3n) is 3.82. The van der Waals surface area contributed by atoms with Crippen molar-refractivity contribution in [2.24, 2.45) is 5.92 Å². The second kappa shape index (κ2) is 5.72. The van der Waals surface area contributed by atoms with E-state index in [1.54, 1.807) is 17.0 Å². The highest BCUT2D eigenvalue weighted by Gasteiger charge is 2.34. The summed E-state index contributed by atoms with van der Waals surface area (Å²) in [6.07, 6.45) is -0.356. The fourth-order valence-electron chi connectivity index (χ4n) is 2.84. The summed E-state index contributed by atoms with van der Waals surface area (Å²) in [7, 11) is 0. The van der Waals surface area contributed by atoms with Gasteiger partial charge < -0.3 is 15.3 Å². The van der Waals surface area contributed by atoms with Crippen molar-refractivity contribution in [3.8, 4) is 5.75 Å². The standard InChI is InChI=1S/C18H20N2O2/c1-12(2)11-20-17(14-8-4-6-10-16(14)21)19-15-9-5-3-7-13(15)18(20)22/h3-10,12,17,19,21H,11H2,1-2H3. The van der Waals surface area contributed by atoms with Gasteiger partial charge in [0, 0.05) is 17.8 Å². The first-order valence-corrected chi connectivity index (χ1v) is 7.52. The van der Waals surface area contributed by atoms with Crippen LogP contribution in [0.4, 0.5) is 5.69 Å². The van der Waals surface area contributed by atoms with E-state index < -0.39 is 0 Å². The molecule has 1 atom stereocenters. The van der Waals surface area contributed by atoms with Crippen LogP contribution in [0.3, 0.4) is 0 Å². The molecule has 2 aromatic carbocycles. The molecule has 1 unspecified atom stereocenters. The van der Waals surface area contributed by atoms with Gasteiger partial charge >= 0.3 is 0 Å². The Labute approximate surface area is 130 Å². The number of hydrogen-bond donors (Lipinski definition) is 2. The van der Waals surface area contributed by atoms with Crippen LogP contribution in [0.25, 0.3) is 0 Å². The van der Waals surface area contributed by atoms with Gasteiger partial charge in [-0.1, -0.05) is 44.2 Å². The van der Waals surface area contributed by atoms with Crippen molar-refractivity contribution in [1.29, 1.82) is 0 Å². The number of rotatable bonds is 3. The van der Waals surface area contributed by atoms with Crippen LogP contribution in [0.5, 0.6) is 5.75 Å². The summed E-state index contributed by atoms with van der Waals surface area (Å²) in [5, 5.41) is 13.6. The van der Waals surface area contributed by atoms with Gasteiger partial charge in [0.15, 0.2) is 0 Å². The largest absolute Gasteiger partial charge is 0.508 e. The average Bonchev–Trinajstić information content (AvgIpc) is 2.50. The minimum atomic E-state index is -0.356. The minimum Gasteiger partial charge on any atom is -0.508 e. The Hall–Kier alpha value is -2.49. The summed E-state index contributed by atoms with van der Waals surface area (Å²) >= 11 is 0. The van der Waals surface area contributed by atoms with Gasteiger partial charge in [0.05, 0.1) is 5.56 Å². The monoisotopic (exact) mass is 296 g/mol. The average molecular weight is 296 g/mol. The third-order valence-corrected chi connectivity index (χ3v) is 3.82. The molecule has 0 fully saturated rings. The highest BCUT2D eigenvalue weighted by atomic mass is 16.3. The molecule has 1 aliphatic heterocycles. The summed E-state index contributed by atoms with van der Waals surface area (Å²) < 4.78 is 0. The molecule has 0 radical (unpaired) electrons.